The molecule has 0 aromatic carbocycles. The monoisotopic (exact) mass is 354 g/mol. The van der Waals surface area contributed by atoms with Crippen molar-refractivity contribution in [1.82, 2.24) is 20.3 Å². The van der Waals surface area contributed by atoms with Gasteiger partial charge in [0, 0.05) is 45.7 Å². The molecular weight excluding hydrogens is 332 g/mol. The molecule has 0 unspecified atom stereocenters. The van der Waals surface area contributed by atoms with Crippen molar-refractivity contribution in [2.45, 2.75) is 18.7 Å². The second-order valence-electron chi connectivity index (χ2n) is 6.25. The number of nitrogens with one attached hydrogen (secondary N) is 2. The third-order valence-corrected chi connectivity index (χ3v) is 4.63. The van der Waals surface area contributed by atoms with Crippen LogP contribution >= 0.6 is 0 Å². The van der Waals surface area contributed by atoms with Gasteiger partial charge in [-0.25, -0.2) is 4.98 Å². The Balaban J connectivity index is 1.43. The van der Waals surface area contributed by atoms with E-state index in [0.29, 0.717) is 12.5 Å². The number of furan rings is 1. The third kappa shape index (κ3) is 3.33. The summed E-state index contributed by atoms with van der Waals surface area (Å²) in [6.45, 7) is 2.20. The molecule has 3 aromatic rings. The number of pyridine rings is 1. The molecule has 136 valence electrons. The quantitative estimate of drug-likeness (QED) is 0.691. The van der Waals surface area contributed by atoms with E-state index in [1.807, 2.05) is 31.3 Å². The highest BCUT2D eigenvalue weighted by atomic mass is 16.5. The van der Waals surface area contributed by atoms with Gasteiger partial charge in [0.1, 0.15) is 17.1 Å². The Morgan fingerprint density at radius 1 is 1.27 bits per heavy atom. The number of ether oxygens (including phenoxy) is 1. The number of aromatic nitrogens is 3. The van der Waals surface area contributed by atoms with E-state index in [0.717, 1.165) is 35.8 Å². The minimum atomic E-state index is 0.0745. The molecule has 26 heavy (non-hydrogen) atoms. The maximum atomic E-state index is 5.83. The lowest BCUT2D eigenvalue weighted by atomic mass is 10.2. The molecular formula is C18H22N6O2. The van der Waals surface area contributed by atoms with E-state index in [1.165, 1.54) is 0 Å². The zero-order chi connectivity index (χ0) is 17.9. The average molecular weight is 354 g/mol. The van der Waals surface area contributed by atoms with Crippen molar-refractivity contribution in [1.29, 1.82) is 0 Å². The molecule has 8 nitrogen and oxygen atoms in total. The highest BCUT2D eigenvalue weighted by molar-refractivity contribution is 5.72. The van der Waals surface area contributed by atoms with Crippen molar-refractivity contribution in [3.05, 3.63) is 42.4 Å². The van der Waals surface area contributed by atoms with Crippen LogP contribution in [0.5, 0.6) is 0 Å². The van der Waals surface area contributed by atoms with Crippen LogP contribution in [0.2, 0.25) is 0 Å². The molecule has 1 fully saturated rings. The van der Waals surface area contributed by atoms with Crippen molar-refractivity contribution in [3.63, 3.8) is 0 Å². The van der Waals surface area contributed by atoms with E-state index >= 15 is 0 Å². The smallest absolute Gasteiger partial charge is 0.224 e. The fourth-order valence-corrected chi connectivity index (χ4v) is 3.28. The summed E-state index contributed by atoms with van der Waals surface area (Å²) in [7, 11) is 3.56. The van der Waals surface area contributed by atoms with Crippen LogP contribution in [0.15, 0.2) is 41.1 Å². The molecule has 0 bridgehead atoms. The average Bonchev–Trinajstić information content (AvgIpc) is 3.29. The molecule has 0 aliphatic carbocycles. The molecule has 0 spiro atoms. The summed E-state index contributed by atoms with van der Waals surface area (Å²) in [4.78, 5) is 15.2. The van der Waals surface area contributed by atoms with Crippen molar-refractivity contribution in [2.24, 2.45) is 0 Å². The minimum Gasteiger partial charge on any atom is -0.458 e. The van der Waals surface area contributed by atoms with Crippen LogP contribution in [-0.2, 0) is 11.3 Å². The molecule has 1 saturated heterocycles. The van der Waals surface area contributed by atoms with Crippen LogP contribution in [0.25, 0.3) is 11.1 Å². The fraction of sp³-hybridized carbons (Fsp3) is 0.389. The van der Waals surface area contributed by atoms with Crippen LogP contribution in [0.1, 0.15) is 5.76 Å². The molecule has 0 saturated carbocycles. The zero-order valence-corrected chi connectivity index (χ0v) is 14.8. The van der Waals surface area contributed by atoms with Crippen LogP contribution in [0.4, 0.5) is 11.8 Å². The van der Waals surface area contributed by atoms with Gasteiger partial charge in [0.25, 0.3) is 0 Å². The van der Waals surface area contributed by atoms with Crippen LogP contribution in [0.3, 0.4) is 0 Å². The maximum Gasteiger partial charge on any atom is 0.224 e. The first-order valence-electron chi connectivity index (χ1n) is 8.62. The molecule has 2 N–H and O–H groups in total. The van der Waals surface area contributed by atoms with Gasteiger partial charge < -0.3 is 24.7 Å². The Bertz CT molecular complexity index is 850. The summed E-state index contributed by atoms with van der Waals surface area (Å²) < 4.78 is 11.5. The number of methoxy groups -OCH3 is 1. The standard InChI is InChI=1S/C18H22N6O2/c1-19-18-21-7-5-17(23-18)24-10-14(16(11-24)25-2)22-9-12-8-13-15(26-12)4-3-6-20-13/h3-8,14,16,22H,9-11H2,1-2H3,(H,19,21,23)/t14-,16+/m1/s1. The maximum absolute atomic E-state index is 5.83. The van der Waals surface area contributed by atoms with Crippen LogP contribution in [0, 0.1) is 0 Å². The van der Waals surface area contributed by atoms with Gasteiger partial charge in [-0.3, -0.25) is 4.98 Å². The van der Waals surface area contributed by atoms with Gasteiger partial charge >= 0.3 is 0 Å². The van der Waals surface area contributed by atoms with Crippen LogP contribution in [-0.4, -0.2) is 54.3 Å². The first-order chi connectivity index (χ1) is 12.8. The van der Waals surface area contributed by atoms with Crippen molar-refractivity contribution < 1.29 is 9.15 Å². The largest absolute Gasteiger partial charge is 0.458 e. The summed E-state index contributed by atoms with van der Waals surface area (Å²) in [6.07, 6.45) is 3.61. The number of hydrogen-bond donors (Lipinski definition) is 2. The SMILES string of the molecule is CNc1nccc(N2C[C@H](OC)[C@H](NCc3cc4ncccc4o3)C2)n1. The van der Waals surface area contributed by atoms with Gasteiger partial charge in [0.05, 0.1) is 18.7 Å². The first-order valence-corrected chi connectivity index (χ1v) is 8.62. The van der Waals surface area contributed by atoms with Crippen LogP contribution < -0.4 is 15.5 Å². The van der Waals surface area contributed by atoms with Gasteiger partial charge in [0.2, 0.25) is 5.95 Å². The highest BCUT2D eigenvalue weighted by Gasteiger charge is 2.33. The lowest BCUT2D eigenvalue weighted by Gasteiger charge is -2.17. The van der Waals surface area contributed by atoms with E-state index in [-0.39, 0.29) is 12.1 Å². The summed E-state index contributed by atoms with van der Waals surface area (Å²) in [5.41, 5.74) is 1.68. The predicted molar refractivity (Wildman–Crippen MR) is 99.2 cm³/mol. The van der Waals surface area contributed by atoms with Gasteiger partial charge in [-0.2, -0.15) is 4.98 Å². The second kappa shape index (κ2) is 7.27. The molecule has 8 heteroatoms. The Hall–Kier alpha value is -2.71. The molecule has 1 aliphatic heterocycles. The van der Waals surface area contributed by atoms with Gasteiger partial charge in [0.15, 0.2) is 5.58 Å². The Kier molecular flexibility index (Phi) is 4.68. The van der Waals surface area contributed by atoms with Crippen molar-refractivity contribution >= 4 is 22.9 Å². The van der Waals surface area contributed by atoms with Gasteiger partial charge in [-0.05, 0) is 18.2 Å². The molecule has 2 atom stereocenters. The zero-order valence-electron chi connectivity index (χ0n) is 14.8. The summed E-state index contributed by atoms with van der Waals surface area (Å²) in [5, 5.41) is 6.51. The van der Waals surface area contributed by atoms with E-state index in [4.69, 9.17) is 9.15 Å². The normalized spacial score (nSPS) is 20.0. The fourth-order valence-electron chi connectivity index (χ4n) is 3.28. The number of anilines is 2. The Labute approximate surface area is 151 Å². The van der Waals surface area contributed by atoms with Crippen molar-refractivity contribution in [2.75, 3.05) is 37.5 Å². The highest BCUT2D eigenvalue weighted by Crippen LogP contribution is 2.22. The van der Waals surface area contributed by atoms with Gasteiger partial charge in [-0.15, -0.1) is 0 Å². The van der Waals surface area contributed by atoms with E-state index in [2.05, 4.69) is 30.5 Å². The second-order valence-corrected chi connectivity index (χ2v) is 6.25. The Morgan fingerprint density at radius 3 is 3.00 bits per heavy atom. The third-order valence-electron chi connectivity index (χ3n) is 4.63. The number of nitrogens with zero attached hydrogens (tertiary/aromatic N) is 4. The molecule has 3 aromatic heterocycles. The van der Waals surface area contributed by atoms with E-state index in [9.17, 15) is 0 Å². The van der Waals surface area contributed by atoms with E-state index < -0.39 is 0 Å². The minimum absolute atomic E-state index is 0.0745. The van der Waals surface area contributed by atoms with Gasteiger partial charge in [-0.1, -0.05) is 0 Å². The van der Waals surface area contributed by atoms with E-state index in [1.54, 1.807) is 19.5 Å². The summed E-state index contributed by atoms with van der Waals surface area (Å²) in [6, 6.07) is 7.87. The predicted octanol–water partition coefficient (Wildman–Crippen LogP) is 1.65. The number of hydrogen-bond acceptors (Lipinski definition) is 8. The first kappa shape index (κ1) is 16.7. The molecule has 4 heterocycles. The molecule has 0 radical (unpaired) electrons. The topological polar surface area (TPSA) is 88.3 Å². The molecule has 1 aliphatic rings. The number of rotatable bonds is 6. The molecule has 4 rings (SSSR count). The lowest BCUT2D eigenvalue weighted by molar-refractivity contribution is 0.0961. The summed E-state index contributed by atoms with van der Waals surface area (Å²) in [5.74, 6) is 2.37. The number of fused-ring (bicyclic) bond motifs is 1. The lowest BCUT2D eigenvalue weighted by Crippen LogP contribution is -2.39. The molecule has 0 amide bonds. The summed E-state index contributed by atoms with van der Waals surface area (Å²) >= 11 is 0. The van der Waals surface area contributed by atoms with Crippen molar-refractivity contribution in [3.8, 4) is 0 Å². The Morgan fingerprint density at radius 2 is 2.19 bits per heavy atom.